The molecule has 2 rings (SSSR count). The molecular formula is C16H22F3NO. The summed E-state index contributed by atoms with van der Waals surface area (Å²) in [4.78, 5) is 4.61. The van der Waals surface area contributed by atoms with E-state index in [1.54, 1.807) is 0 Å². The van der Waals surface area contributed by atoms with Gasteiger partial charge in [-0.05, 0) is 36.8 Å². The second-order valence-corrected chi connectivity index (χ2v) is 5.96. The highest BCUT2D eigenvalue weighted by Gasteiger charge is 2.27. The summed E-state index contributed by atoms with van der Waals surface area (Å²) in [5.41, 5.74) is 2.83. The van der Waals surface area contributed by atoms with Crippen LogP contribution in [0, 0.1) is 0 Å². The molecule has 1 aromatic heterocycles. The molecule has 0 bridgehead atoms. The van der Waals surface area contributed by atoms with Gasteiger partial charge in [0.1, 0.15) is 0 Å². The number of aryl methyl sites for hydroxylation is 1. The lowest BCUT2D eigenvalue weighted by atomic mass is 9.93. The molecule has 0 aliphatic carbocycles. The van der Waals surface area contributed by atoms with E-state index in [2.05, 4.69) is 4.98 Å². The van der Waals surface area contributed by atoms with Crippen molar-refractivity contribution in [2.45, 2.75) is 57.5 Å². The first kappa shape index (κ1) is 16.3. The number of nitrogens with zero attached hydrogens (tertiary/aromatic N) is 1. The first-order chi connectivity index (χ1) is 9.87. The Hall–Kier alpha value is -1.10. The van der Waals surface area contributed by atoms with Crippen LogP contribution in [0.1, 0.15) is 61.9 Å². The van der Waals surface area contributed by atoms with Crippen LogP contribution in [0.5, 0.6) is 0 Å². The highest BCUT2D eigenvalue weighted by Crippen LogP contribution is 2.30. The third kappa shape index (κ3) is 4.70. The molecule has 118 valence electrons. The van der Waals surface area contributed by atoms with E-state index in [0.29, 0.717) is 13.0 Å². The molecule has 1 unspecified atom stereocenters. The largest absolute Gasteiger partial charge is 0.389 e. The Labute approximate surface area is 123 Å². The minimum absolute atomic E-state index is 0.0959. The molecule has 1 saturated heterocycles. The fourth-order valence-electron chi connectivity index (χ4n) is 2.66. The molecule has 21 heavy (non-hydrogen) atoms. The van der Waals surface area contributed by atoms with Crippen LogP contribution in [0.15, 0.2) is 12.1 Å². The van der Waals surface area contributed by atoms with Gasteiger partial charge >= 0.3 is 6.18 Å². The van der Waals surface area contributed by atoms with E-state index < -0.39 is 12.6 Å². The van der Waals surface area contributed by atoms with Crippen LogP contribution >= 0.6 is 0 Å². The van der Waals surface area contributed by atoms with Crippen molar-refractivity contribution >= 4 is 0 Å². The Morgan fingerprint density at radius 3 is 2.67 bits per heavy atom. The number of hydrogen-bond acceptors (Lipinski definition) is 2. The van der Waals surface area contributed by atoms with Gasteiger partial charge in [0.05, 0.1) is 6.61 Å². The van der Waals surface area contributed by atoms with Crippen molar-refractivity contribution < 1.29 is 17.9 Å². The molecule has 0 aromatic carbocycles. The second kappa shape index (κ2) is 6.77. The first-order valence-corrected chi connectivity index (χ1v) is 7.51. The molecule has 0 saturated carbocycles. The molecular weight excluding hydrogens is 279 g/mol. The summed E-state index contributed by atoms with van der Waals surface area (Å²) in [6.07, 6.45) is -3.44. The van der Waals surface area contributed by atoms with Crippen LogP contribution in [-0.2, 0) is 11.2 Å². The Morgan fingerprint density at radius 1 is 1.33 bits per heavy atom. The zero-order valence-electron chi connectivity index (χ0n) is 12.5. The Balaban J connectivity index is 2.15. The summed E-state index contributed by atoms with van der Waals surface area (Å²) in [5, 5.41) is 0. The van der Waals surface area contributed by atoms with Crippen molar-refractivity contribution in [3.8, 4) is 0 Å². The maximum absolute atomic E-state index is 12.3. The van der Waals surface area contributed by atoms with Crippen molar-refractivity contribution in [1.29, 1.82) is 0 Å². The van der Waals surface area contributed by atoms with Crippen molar-refractivity contribution in [2.24, 2.45) is 0 Å². The van der Waals surface area contributed by atoms with Gasteiger partial charge in [-0.3, -0.25) is 4.98 Å². The van der Waals surface area contributed by atoms with Crippen LogP contribution in [0.25, 0.3) is 0 Å². The molecule has 0 radical (unpaired) electrons. The fraction of sp³-hybridized carbons (Fsp3) is 0.688. The van der Waals surface area contributed by atoms with E-state index in [1.807, 2.05) is 26.0 Å². The number of rotatable bonds is 5. The minimum Gasteiger partial charge on any atom is -0.381 e. The quantitative estimate of drug-likeness (QED) is 0.793. The SMILES string of the molecule is CC(C)c1ccc(C2CCOC2)c(CCCC(F)(F)F)n1. The van der Waals surface area contributed by atoms with Gasteiger partial charge in [0, 0.05) is 30.3 Å². The maximum Gasteiger partial charge on any atom is 0.389 e. The third-order valence-electron chi connectivity index (χ3n) is 3.87. The lowest BCUT2D eigenvalue weighted by molar-refractivity contribution is -0.135. The molecule has 2 nitrogen and oxygen atoms in total. The third-order valence-corrected chi connectivity index (χ3v) is 3.87. The van der Waals surface area contributed by atoms with E-state index in [0.717, 1.165) is 30.0 Å². The molecule has 1 aromatic rings. The summed E-state index contributed by atoms with van der Waals surface area (Å²) in [5.74, 6) is 0.555. The van der Waals surface area contributed by atoms with Crippen molar-refractivity contribution in [2.75, 3.05) is 13.2 Å². The van der Waals surface area contributed by atoms with Crippen LogP contribution in [-0.4, -0.2) is 24.4 Å². The van der Waals surface area contributed by atoms with Gasteiger partial charge in [-0.1, -0.05) is 19.9 Å². The van der Waals surface area contributed by atoms with Gasteiger partial charge in [-0.2, -0.15) is 13.2 Å². The van der Waals surface area contributed by atoms with E-state index >= 15 is 0 Å². The average Bonchev–Trinajstić information content (AvgIpc) is 2.90. The first-order valence-electron chi connectivity index (χ1n) is 7.51. The van der Waals surface area contributed by atoms with Gasteiger partial charge in [-0.15, -0.1) is 0 Å². The van der Waals surface area contributed by atoms with Crippen LogP contribution in [0.2, 0.25) is 0 Å². The fourth-order valence-corrected chi connectivity index (χ4v) is 2.66. The van der Waals surface area contributed by atoms with Crippen LogP contribution in [0.3, 0.4) is 0 Å². The number of pyridine rings is 1. The summed E-state index contributed by atoms with van der Waals surface area (Å²) >= 11 is 0. The van der Waals surface area contributed by atoms with Gasteiger partial charge in [0.2, 0.25) is 0 Å². The highest BCUT2D eigenvalue weighted by molar-refractivity contribution is 5.29. The normalized spacial score (nSPS) is 19.4. The smallest absolute Gasteiger partial charge is 0.381 e. The number of ether oxygens (including phenoxy) is 1. The van der Waals surface area contributed by atoms with Gasteiger partial charge < -0.3 is 4.74 Å². The van der Waals surface area contributed by atoms with Gasteiger partial charge in [0.15, 0.2) is 0 Å². The van der Waals surface area contributed by atoms with Crippen molar-refractivity contribution in [3.63, 3.8) is 0 Å². The number of alkyl halides is 3. The zero-order valence-corrected chi connectivity index (χ0v) is 12.5. The second-order valence-electron chi connectivity index (χ2n) is 5.96. The maximum atomic E-state index is 12.3. The van der Waals surface area contributed by atoms with E-state index in [4.69, 9.17) is 4.74 Å². The minimum atomic E-state index is -4.09. The lowest BCUT2D eigenvalue weighted by Crippen LogP contribution is -2.11. The number of halogens is 3. The molecule has 1 aliphatic heterocycles. The standard InChI is InChI=1S/C16H22F3NO/c1-11(2)14-6-5-13(12-7-9-21-10-12)15(20-14)4-3-8-16(17,18)19/h5-6,11-12H,3-4,7-10H2,1-2H3. The monoisotopic (exact) mass is 301 g/mol. The van der Waals surface area contributed by atoms with E-state index in [-0.39, 0.29) is 18.3 Å². The Kier molecular flexibility index (Phi) is 5.25. The molecule has 2 heterocycles. The van der Waals surface area contributed by atoms with Crippen LogP contribution in [0.4, 0.5) is 13.2 Å². The summed E-state index contributed by atoms with van der Waals surface area (Å²) in [6.45, 7) is 5.45. The number of hydrogen-bond donors (Lipinski definition) is 0. The lowest BCUT2D eigenvalue weighted by Gasteiger charge is -2.16. The van der Waals surface area contributed by atoms with Gasteiger partial charge in [0.25, 0.3) is 0 Å². The van der Waals surface area contributed by atoms with E-state index in [1.165, 1.54) is 0 Å². The topological polar surface area (TPSA) is 22.1 Å². The average molecular weight is 301 g/mol. The van der Waals surface area contributed by atoms with Crippen molar-refractivity contribution in [1.82, 2.24) is 4.98 Å². The zero-order chi connectivity index (χ0) is 15.5. The van der Waals surface area contributed by atoms with Crippen molar-refractivity contribution in [3.05, 3.63) is 29.1 Å². The summed E-state index contributed by atoms with van der Waals surface area (Å²) < 4.78 is 42.4. The molecule has 0 N–H and O–H groups in total. The van der Waals surface area contributed by atoms with Crippen LogP contribution < -0.4 is 0 Å². The summed E-state index contributed by atoms with van der Waals surface area (Å²) in [7, 11) is 0. The highest BCUT2D eigenvalue weighted by atomic mass is 19.4. The molecule has 1 aliphatic rings. The predicted molar refractivity (Wildman–Crippen MR) is 75.5 cm³/mol. The Bertz CT molecular complexity index is 465. The molecule has 0 amide bonds. The summed E-state index contributed by atoms with van der Waals surface area (Å²) in [6, 6.07) is 4.02. The molecule has 0 spiro atoms. The Morgan fingerprint density at radius 2 is 2.10 bits per heavy atom. The number of aromatic nitrogens is 1. The molecule has 1 atom stereocenters. The molecule has 1 fully saturated rings. The molecule has 5 heteroatoms. The van der Waals surface area contributed by atoms with Gasteiger partial charge in [-0.25, -0.2) is 0 Å². The predicted octanol–water partition coefficient (Wildman–Crippen LogP) is 4.59. The van der Waals surface area contributed by atoms with E-state index in [9.17, 15) is 13.2 Å².